The van der Waals surface area contributed by atoms with Gasteiger partial charge in [0.1, 0.15) is 0 Å². The van der Waals surface area contributed by atoms with Crippen molar-refractivity contribution in [3.63, 3.8) is 0 Å². The van der Waals surface area contributed by atoms with Crippen molar-refractivity contribution in [2.45, 2.75) is 13.1 Å². The lowest BCUT2D eigenvalue weighted by molar-refractivity contribution is 0.319. The summed E-state index contributed by atoms with van der Waals surface area (Å²) >= 11 is 0. The maximum absolute atomic E-state index is 2.37. The Labute approximate surface area is 143 Å². The van der Waals surface area contributed by atoms with Gasteiger partial charge in [0, 0.05) is 13.1 Å². The van der Waals surface area contributed by atoms with Crippen LogP contribution in [0.2, 0.25) is 0 Å². The summed E-state index contributed by atoms with van der Waals surface area (Å²) in [6.07, 6.45) is 0. The molecule has 0 spiro atoms. The second kappa shape index (κ2) is 6.46. The predicted molar refractivity (Wildman–Crippen MR) is 103 cm³/mol. The second-order valence-electron chi connectivity index (χ2n) is 6.54. The maximum atomic E-state index is 2.37. The molecule has 0 N–H and O–H groups in total. The van der Waals surface area contributed by atoms with Crippen LogP contribution in [0.3, 0.4) is 0 Å². The minimum Gasteiger partial charge on any atom is -0.298 e. The van der Waals surface area contributed by atoms with E-state index in [1.54, 1.807) is 0 Å². The first-order valence-electron chi connectivity index (χ1n) is 8.42. The van der Waals surface area contributed by atoms with Crippen molar-refractivity contribution in [2.24, 2.45) is 0 Å². The average molecular weight is 311 g/mol. The molecule has 118 valence electrons. The molecule has 0 radical (unpaired) electrons. The molecule has 0 heterocycles. The molecule has 24 heavy (non-hydrogen) atoms. The van der Waals surface area contributed by atoms with Gasteiger partial charge in [-0.25, -0.2) is 0 Å². The van der Waals surface area contributed by atoms with Crippen LogP contribution in [-0.4, -0.2) is 11.9 Å². The SMILES string of the molecule is CN(Cc1ccc2ccccc2c1)Cc1ccc2ccccc2c1. The Bertz CT molecular complexity index is 906. The van der Waals surface area contributed by atoms with E-state index in [4.69, 9.17) is 0 Å². The summed E-state index contributed by atoms with van der Waals surface area (Å²) in [5, 5.41) is 5.24. The van der Waals surface area contributed by atoms with Crippen LogP contribution in [0.15, 0.2) is 84.9 Å². The average Bonchev–Trinajstić information content (AvgIpc) is 2.61. The number of hydrogen-bond donors (Lipinski definition) is 0. The molecule has 0 aromatic heterocycles. The standard InChI is InChI=1S/C23H21N/c1-24(16-18-10-12-20-6-2-4-8-22(20)14-18)17-19-11-13-21-7-3-5-9-23(21)15-19/h2-15H,16-17H2,1H3. The quantitative estimate of drug-likeness (QED) is 0.472. The molecule has 0 bridgehead atoms. The fourth-order valence-corrected chi connectivity index (χ4v) is 3.35. The van der Waals surface area contributed by atoms with Gasteiger partial charge in [0.05, 0.1) is 0 Å². The fourth-order valence-electron chi connectivity index (χ4n) is 3.35. The first kappa shape index (κ1) is 14.9. The highest BCUT2D eigenvalue weighted by Crippen LogP contribution is 2.19. The van der Waals surface area contributed by atoms with Gasteiger partial charge in [-0.15, -0.1) is 0 Å². The Morgan fingerprint density at radius 3 is 1.42 bits per heavy atom. The summed E-state index contributed by atoms with van der Waals surface area (Å²) in [4.78, 5) is 2.37. The van der Waals surface area contributed by atoms with Crippen molar-refractivity contribution in [3.05, 3.63) is 96.1 Å². The van der Waals surface area contributed by atoms with Crippen LogP contribution < -0.4 is 0 Å². The smallest absolute Gasteiger partial charge is 0.0234 e. The summed E-state index contributed by atoms with van der Waals surface area (Å²) in [5.74, 6) is 0. The number of nitrogens with zero attached hydrogens (tertiary/aromatic N) is 1. The first-order chi connectivity index (χ1) is 11.8. The summed E-state index contributed by atoms with van der Waals surface area (Å²) in [6, 6.07) is 30.6. The zero-order valence-corrected chi connectivity index (χ0v) is 13.9. The normalized spacial score (nSPS) is 11.4. The molecular weight excluding hydrogens is 290 g/mol. The Kier molecular flexibility index (Phi) is 4.02. The summed E-state index contributed by atoms with van der Waals surface area (Å²) in [6.45, 7) is 1.91. The molecule has 0 saturated carbocycles. The van der Waals surface area contributed by atoms with E-state index < -0.39 is 0 Å². The van der Waals surface area contributed by atoms with Crippen molar-refractivity contribution in [2.75, 3.05) is 7.05 Å². The lowest BCUT2D eigenvalue weighted by Gasteiger charge is -2.17. The van der Waals surface area contributed by atoms with Crippen LogP contribution >= 0.6 is 0 Å². The van der Waals surface area contributed by atoms with Crippen molar-refractivity contribution in [1.29, 1.82) is 0 Å². The highest BCUT2D eigenvalue weighted by molar-refractivity contribution is 5.83. The fraction of sp³-hybridized carbons (Fsp3) is 0.130. The summed E-state index contributed by atoms with van der Waals surface area (Å²) < 4.78 is 0. The molecule has 0 aliphatic heterocycles. The molecule has 4 rings (SSSR count). The van der Waals surface area contributed by atoms with Gasteiger partial charge in [0.2, 0.25) is 0 Å². The number of benzene rings is 4. The molecule has 0 atom stereocenters. The molecule has 0 amide bonds. The molecular formula is C23H21N. The van der Waals surface area contributed by atoms with E-state index in [2.05, 4.69) is 96.9 Å². The van der Waals surface area contributed by atoms with Crippen molar-refractivity contribution < 1.29 is 0 Å². The van der Waals surface area contributed by atoms with Gasteiger partial charge in [-0.3, -0.25) is 4.90 Å². The minimum absolute atomic E-state index is 0.956. The highest BCUT2D eigenvalue weighted by atomic mass is 15.1. The van der Waals surface area contributed by atoms with Crippen molar-refractivity contribution >= 4 is 21.5 Å². The number of hydrogen-bond acceptors (Lipinski definition) is 1. The number of rotatable bonds is 4. The maximum Gasteiger partial charge on any atom is 0.0234 e. The summed E-state index contributed by atoms with van der Waals surface area (Å²) in [7, 11) is 2.18. The predicted octanol–water partition coefficient (Wildman–Crippen LogP) is 5.63. The molecule has 4 aromatic carbocycles. The third-order valence-corrected chi connectivity index (χ3v) is 4.53. The van der Waals surface area contributed by atoms with E-state index in [-0.39, 0.29) is 0 Å². The van der Waals surface area contributed by atoms with Crippen LogP contribution in [-0.2, 0) is 13.1 Å². The van der Waals surface area contributed by atoms with Gasteiger partial charge < -0.3 is 0 Å². The van der Waals surface area contributed by atoms with E-state index >= 15 is 0 Å². The van der Waals surface area contributed by atoms with E-state index in [9.17, 15) is 0 Å². The second-order valence-corrected chi connectivity index (χ2v) is 6.54. The van der Waals surface area contributed by atoms with Gasteiger partial charge in [-0.2, -0.15) is 0 Å². The molecule has 0 fully saturated rings. The molecule has 0 unspecified atom stereocenters. The lowest BCUT2D eigenvalue weighted by atomic mass is 10.1. The summed E-state index contributed by atoms with van der Waals surface area (Å²) in [5.41, 5.74) is 2.72. The van der Waals surface area contributed by atoms with Crippen LogP contribution in [0.5, 0.6) is 0 Å². The molecule has 0 aliphatic carbocycles. The zero-order chi connectivity index (χ0) is 16.4. The number of fused-ring (bicyclic) bond motifs is 2. The van der Waals surface area contributed by atoms with Gasteiger partial charge in [0.15, 0.2) is 0 Å². The third-order valence-electron chi connectivity index (χ3n) is 4.53. The Morgan fingerprint density at radius 2 is 0.958 bits per heavy atom. The van der Waals surface area contributed by atoms with Gasteiger partial charge in [-0.05, 0) is 51.9 Å². The lowest BCUT2D eigenvalue weighted by Crippen LogP contribution is -2.17. The van der Waals surface area contributed by atoms with E-state index in [0.29, 0.717) is 0 Å². The van der Waals surface area contributed by atoms with Gasteiger partial charge in [0.25, 0.3) is 0 Å². The first-order valence-corrected chi connectivity index (χ1v) is 8.42. The molecule has 1 heteroatoms. The van der Waals surface area contributed by atoms with Crippen LogP contribution in [0.4, 0.5) is 0 Å². The molecule has 0 aliphatic rings. The van der Waals surface area contributed by atoms with Crippen LogP contribution in [0, 0.1) is 0 Å². The monoisotopic (exact) mass is 311 g/mol. The zero-order valence-electron chi connectivity index (χ0n) is 13.9. The molecule has 4 aromatic rings. The third kappa shape index (κ3) is 3.17. The van der Waals surface area contributed by atoms with E-state index in [1.165, 1.54) is 32.7 Å². The van der Waals surface area contributed by atoms with Crippen LogP contribution in [0.25, 0.3) is 21.5 Å². The highest BCUT2D eigenvalue weighted by Gasteiger charge is 2.04. The van der Waals surface area contributed by atoms with Crippen LogP contribution in [0.1, 0.15) is 11.1 Å². The topological polar surface area (TPSA) is 3.24 Å². The molecule has 0 saturated heterocycles. The van der Waals surface area contributed by atoms with Crippen molar-refractivity contribution in [1.82, 2.24) is 4.90 Å². The largest absolute Gasteiger partial charge is 0.298 e. The van der Waals surface area contributed by atoms with Gasteiger partial charge in [-0.1, -0.05) is 72.8 Å². The van der Waals surface area contributed by atoms with E-state index in [1.807, 2.05) is 0 Å². The van der Waals surface area contributed by atoms with E-state index in [0.717, 1.165) is 13.1 Å². The minimum atomic E-state index is 0.956. The van der Waals surface area contributed by atoms with Crippen molar-refractivity contribution in [3.8, 4) is 0 Å². The Balaban J connectivity index is 1.51. The van der Waals surface area contributed by atoms with Gasteiger partial charge >= 0.3 is 0 Å². The molecule has 1 nitrogen and oxygen atoms in total. The Hall–Kier alpha value is -2.64. The Morgan fingerprint density at radius 1 is 0.542 bits per heavy atom.